The van der Waals surface area contributed by atoms with E-state index in [1.807, 2.05) is 36.1 Å². The van der Waals surface area contributed by atoms with Crippen molar-refractivity contribution in [3.63, 3.8) is 0 Å². The summed E-state index contributed by atoms with van der Waals surface area (Å²) in [5.74, 6) is 1.40. The number of benzene rings is 2. The summed E-state index contributed by atoms with van der Waals surface area (Å²) >= 11 is 0. The van der Waals surface area contributed by atoms with Crippen molar-refractivity contribution in [2.75, 3.05) is 58.7 Å². The second-order valence-electron chi connectivity index (χ2n) is 12.1. The summed E-state index contributed by atoms with van der Waals surface area (Å²) in [4.78, 5) is 33.3. The van der Waals surface area contributed by atoms with Gasteiger partial charge in [0, 0.05) is 68.8 Å². The highest BCUT2D eigenvalue weighted by Gasteiger charge is 2.29. The minimum atomic E-state index is -0.238. The molecule has 0 unspecified atom stereocenters. The van der Waals surface area contributed by atoms with Gasteiger partial charge in [-0.3, -0.25) is 9.69 Å². The van der Waals surface area contributed by atoms with E-state index in [9.17, 15) is 10.1 Å². The Hall–Kier alpha value is -5.06. The first kappa shape index (κ1) is 31.9. The van der Waals surface area contributed by atoms with Crippen LogP contribution >= 0.6 is 0 Å². The van der Waals surface area contributed by atoms with E-state index in [0.717, 1.165) is 63.2 Å². The van der Waals surface area contributed by atoms with Crippen molar-refractivity contribution in [1.29, 1.82) is 5.26 Å². The Kier molecular flexibility index (Phi) is 9.89. The number of piperazine rings is 1. The van der Waals surface area contributed by atoms with Crippen molar-refractivity contribution in [2.45, 2.75) is 38.5 Å². The Labute approximate surface area is 274 Å². The zero-order valence-electron chi connectivity index (χ0n) is 27.0. The maximum Gasteiger partial charge on any atom is 0.253 e. The van der Waals surface area contributed by atoms with Crippen LogP contribution in [0.4, 0.5) is 11.6 Å². The largest absolute Gasteiger partial charge is 0.495 e. The van der Waals surface area contributed by atoms with E-state index in [-0.39, 0.29) is 12.0 Å². The third-order valence-corrected chi connectivity index (χ3v) is 8.83. The van der Waals surface area contributed by atoms with Crippen LogP contribution in [0.5, 0.6) is 11.5 Å². The summed E-state index contributed by atoms with van der Waals surface area (Å²) in [5, 5.41) is 16.9. The van der Waals surface area contributed by atoms with E-state index in [2.05, 4.69) is 48.3 Å². The van der Waals surface area contributed by atoms with Gasteiger partial charge in [-0.1, -0.05) is 6.07 Å². The molecule has 2 saturated heterocycles. The smallest absolute Gasteiger partial charge is 0.253 e. The third-order valence-electron chi connectivity index (χ3n) is 8.83. The quantitative estimate of drug-likeness (QED) is 0.273. The van der Waals surface area contributed by atoms with Gasteiger partial charge in [0.1, 0.15) is 36.3 Å². The molecule has 2 aliphatic rings. The van der Waals surface area contributed by atoms with Crippen LogP contribution in [-0.2, 0) is 6.54 Å². The van der Waals surface area contributed by atoms with Gasteiger partial charge >= 0.3 is 0 Å². The number of nitrogens with zero attached hydrogens (tertiary/aromatic N) is 9. The highest BCUT2D eigenvalue weighted by Crippen LogP contribution is 2.31. The number of hydrogen-bond donors (Lipinski definition) is 1. The van der Waals surface area contributed by atoms with Gasteiger partial charge in [0.25, 0.3) is 5.91 Å². The molecule has 1 amide bonds. The summed E-state index contributed by atoms with van der Waals surface area (Å²) in [6.45, 7) is 8.33. The van der Waals surface area contributed by atoms with Crippen LogP contribution < -0.4 is 14.8 Å². The molecule has 1 atom stereocenters. The number of nitriles is 1. The van der Waals surface area contributed by atoms with Gasteiger partial charge in [0.05, 0.1) is 24.9 Å². The molecule has 0 spiro atoms. The van der Waals surface area contributed by atoms with Crippen LogP contribution in [0.15, 0.2) is 61.4 Å². The fourth-order valence-electron chi connectivity index (χ4n) is 6.13. The number of likely N-dealkylation sites (tertiary alicyclic amines) is 1. The lowest BCUT2D eigenvalue weighted by atomic mass is 10.0. The maximum atomic E-state index is 13.4. The number of carbonyl (C=O) groups is 1. The highest BCUT2D eigenvalue weighted by atomic mass is 16.5. The molecule has 0 aliphatic carbocycles. The van der Waals surface area contributed by atoms with Crippen LogP contribution in [-0.4, -0.2) is 111 Å². The lowest BCUT2D eigenvalue weighted by Gasteiger charge is -2.42. The van der Waals surface area contributed by atoms with Crippen molar-refractivity contribution in [3.8, 4) is 28.7 Å². The van der Waals surface area contributed by atoms with E-state index in [1.165, 1.54) is 6.33 Å². The molecule has 47 heavy (non-hydrogen) atoms. The molecule has 13 nitrogen and oxygen atoms in total. The van der Waals surface area contributed by atoms with Crippen LogP contribution in [0.3, 0.4) is 0 Å². The fourth-order valence-corrected chi connectivity index (χ4v) is 6.13. The number of rotatable bonds is 10. The molecular formula is C34H40N10O3. The number of hydrogen-bond acceptors (Lipinski definition) is 11. The zero-order valence-corrected chi connectivity index (χ0v) is 27.0. The summed E-state index contributed by atoms with van der Waals surface area (Å²) in [6, 6.07) is 13.5. The van der Waals surface area contributed by atoms with E-state index in [0.29, 0.717) is 46.8 Å². The Morgan fingerprint density at radius 2 is 1.79 bits per heavy atom. The van der Waals surface area contributed by atoms with Crippen molar-refractivity contribution in [3.05, 3.63) is 72.6 Å². The van der Waals surface area contributed by atoms with E-state index in [4.69, 9.17) is 9.47 Å². The number of methoxy groups -OCH3 is 1. The highest BCUT2D eigenvalue weighted by molar-refractivity contribution is 5.95. The Balaban J connectivity index is 1.08. The normalized spacial score (nSPS) is 16.8. The number of ether oxygens (including phenoxy) is 2. The predicted octanol–water partition coefficient (Wildman–Crippen LogP) is 3.68. The average Bonchev–Trinajstić information content (AvgIpc) is 3.62. The summed E-state index contributed by atoms with van der Waals surface area (Å²) in [7, 11) is 3.75. The Morgan fingerprint density at radius 1 is 1.02 bits per heavy atom. The number of anilines is 2. The van der Waals surface area contributed by atoms with Crippen LogP contribution in [0.25, 0.3) is 11.1 Å². The molecule has 0 saturated carbocycles. The van der Waals surface area contributed by atoms with E-state index >= 15 is 0 Å². The first-order valence-electron chi connectivity index (χ1n) is 15.9. The monoisotopic (exact) mass is 636 g/mol. The third kappa shape index (κ3) is 7.67. The van der Waals surface area contributed by atoms with Gasteiger partial charge in [-0.05, 0) is 62.7 Å². The van der Waals surface area contributed by atoms with Crippen molar-refractivity contribution < 1.29 is 14.3 Å². The molecule has 1 N–H and O–H groups in total. The molecule has 0 radical (unpaired) electrons. The number of aromatic nitrogens is 5. The zero-order chi connectivity index (χ0) is 32.8. The van der Waals surface area contributed by atoms with Gasteiger partial charge in [-0.15, -0.1) is 0 Å². The number of likely N-dealkylation sites (N-methyl/N-ethyl adjacent to an activating group) is 1. The number of piperidine rings is 1. The number of carbonyl (C=O) groups excluding carboxylic acids is 1. The standard InChI is InChI=1S/C34H40N10O3/c1-24(21-44-23-36-22-39-44)47-31-16-25(4-5-27(31)18-35)28-19-37-34(38-20-28)40-30-7-6-26(17-32(30)46-3)33(45)43-10-8-29(9-11-43)42-14-12-41(2)13-15-42/h4-7,16-17,19-20,22-24,29H,8-15,21H2,1-3H3,(H,37,38,40)/t24-/m0/s1. The molecule has 6 rings (SSSR count). The molecule has 244 valence electrons. The summed E-state index contributed by atoms with van der Waals surface area (Å²) in [6.07, 6.45) is 8.26. The number of amides is 1. The molecule has 2 aliphatic heterocycles. The lowest BCUT2D eigenvalue weighted by Crippen LogP contribution is -2.52. The summed E-state index contributed by atoms with van der Waals surface area (Å²) in [5.41, 5.74) is 3.25. The van der Waals surface area contributed by atoms with E-state index in [1.54, 1.807) is 42.6 Å². The van der Waals surface area contributed by atoms with Gasteiger partial charge in [-0.2, -0.15) is 10.4 Å². The molecular weight excluding hydrogens is 596 g/mol. The first-order valence-corrected chi connectivity index (χ1v) is 15.9. The molecule has 2 aromatic heterocycles. The second-order valence-corrected chi connectivity index (χ2v) is 12.1. The molecule has 4 aromatic rings. The van der Waals surface area contributed by atoms with E-state index < -0.39 is 0 Å². The molecule has 0 bridgehead atoms. The molecule has 2 fully saturated rings. The topological polar surface area (TPSA) is 138 Å². The van der Waals surface area contributed by atoms with Crippen molar-refractivity contribution in [2.24, 2.45) is 0 Å². The predicted molar refractivity (Wildman–Crippen MR) is 177 cm³/mol. The maximum absolute atomic E-state index is 13.4. The summed E-state index contributed by atoms with van der Waals surface area (Å²) < 4.78 is 13.4. The van der Waals surface area contributed by atoms with Gasteiger partial charge < -0.3 is 24.6 Å². The van der Waals surface area contributed by atoms with Crippen LogP contribution in [0.1, 0.15) is 35.7 Å². The van der Waals surface area contributed by atoms with Gasteiger partial charge in [0.15, 0.2) is 0 Å². The molecule has 2 aromatic carbocycles. The SMILES string of the molecule is COc1cc(C(=O)N2CCC(N3CCN(C)CC3)CC2)ccc1Nc1ncc(-c2ccc(C#N)c(O[C@@H](C)Cn3cncn3)c2)cn1. The Morgan fingerprint density at radius 3 is 2.47 bits per heavy atom. The molecule has 4 heterocycles. The minimum Gasteiger partial charge on any atom is -0.495 e. The van der Waals surface area contributed by atoms with Gasteiger partial charge in [-0.25, -0.2) is 19.6 Å². The van der Waals surface area contributed by atoms with Crippen LogP contribution in [0.2, 0.25) is 0 Å². The number of nitrogens with one attached hydrogen (secondary N) is 1. The van der Waals surface area contributed by atoms with Crippen molar-refractivity contribution >= 4 is 17.5 Å². The van der Waals surface area contributed by atoms with Crippen molar-refractivity contribution in [1.82, 2.24) is 39.4 Å². The second kappa shape index (κ2) is 14.6. The van der Waals surface area contributed by atoms with Gasteiger partial charge in [0.2, 0.25) is 5.95 Å². The van der Waals surface area contributed by atoms with Crippen LogP contribution in [0, 0.1) is 11.3 Å². The minimum absolute atomic E-state index is 0.0193. The Bertz CT molecular complexity index is 1690. The lowest BCUT2D eigenvalue weighted by molar-refractivity contribution is 0.0518. The average molecular weight is 637 g/mol. The first-order chi connectivity index (χ1) is 22.9. The fraction of sp³-hybridized carbons (Fsp3) is 0.412. The molecule has 13 heteroatoms.